The summed E-state index contributed by atoms with van der Waals surface area (Å²) in [6, 6.07) is 22.5. The van der Waals surface area contributed by atoms with Crippen LogP contribution in [0.25, 0.3) is 11.0 Å². The SMILES string of the molecule is CC[C@@H](c1ccccc1)N1C(=O)c2ccccc2C1(O)c1ccc2nc[nH]c2c1. The number of nitrogens with one attached hydrogen (secondary N) is 1. The monoisotopic (exact) mass is 383 g/mol. The molecular weight excluding hydrogens is 362 g/mol. The third kappa shape index (κ3) is 2.51. The highest BCUT2D eigenvalue weighted by atomic mass is 16.3. The number of imidazole rings is 1. The molecule has 144 valence electrons. The molecule has 2 heterocycles. The summed E-state index contributed by atoms with van der Waals surface area (Å²) < 4.78 is 0. The van der Waals surface area contributed by atoms with E-state index in [1.807, 2.05) is 73.7 Å². The Hall–Kier alpha value is -3.44. The lowest BCUT2D eigenvalue weighted by molar-refractivity contribution is -0.0715. The summed E-state index contributed by atoms with van der Waals surface area (Å²) in [7, 11) is 0. The van der Waals surface area contributed by atoms with E-state index >= 15 is 0 Å². The van der Waals surface area contributed by atoms with Crippen molar-refractivity contribution < 1.29 is 9.90 Å². The fourth-order valence-corrected chi connectivity index (χ4v) is 4.44. The average molecular weight is 383 g/mol. The predicted molar refractivity (Wildman–Crippen MR) is 111 cm³/mol. The molecule has 5 rings (SSSR count). The van der Waals surface area contributed by atoms with Gasteiger partial charge in [0.05, 0.1) is 23.4 Å². The number of aromatic nitrogens is 2. The Balaban J connectivity index is 1.75. The van der Waals surface area contributed by atoms with Crippen molar-refractivity contribution in [2.75, 3.05) is 0 Å². The highest BCUT2D eigenvalue weighted by Crippen LogP contribution is 2.47. The number of amides is 1. The van der Waals surface area contributed by atoms with E-state index in [9.17, 15) is 9.90 Å². The number of nitrogens with zero attached hydrogens (tertiary/aromatic N) is 2. The molecule has 4 aromatic rings. The Morgan fingerprint density at radius 1 is 1.07 bits per heavy atom. The largest absolute Gasteiger partial charge is 0.363 e. The van der Waals surface area contributed by atoms with Gasteiger partial charge in [0.1, 0.15) is 0 Å². The molecular formula is C24H21N3O2. The summed E-state index contributed by atoms with van der Waals surface area (Å²) in [5, 5.41) is 12.2. The van der Waals surface area contributed by atoms with Crippen LogP contribution >= 0.6 is 0 Å². The van der Waals surface area contributed by atoms with E-state index in [4.69, 9.17) is 0 Å². The molecule has 0 saturated carbocycles. The van der Waals surface area contributed by atoms with Crippen LogP contribution in [0.1, 0.15) is 46.4 Å². The Labute approximate surface area is 168 Å². The molecule has 1 aliphatic heterocycles. The molecule has 0 aliphatic carbocycles. The number of H-pyrrole nitrogens is 1. The lowest BCUT2D eigenvalue weighted by Gasteiger charge is -2.40. The first-order valence-electron chi connectivity index (χ1n) is 9.78. The van der Waals surface area contributed by atoms with Gasteiger partial charge in [0.15, 0.2) is 5.72 Å². The maximum absolute atomic E-state index is 13.5. The number of carbonyl (C=O) groups is 1. The molecule has 29 heavy (non-hydrogen) atoms. The number of hydrogen-bond acceptors (Lipinski definition) is 3. The number of carbonyl (C=O) groups excluding carboxylic acids is 1. The normalized spacial score (nSPS) is 19.5. The van der Waals surface area contributed by atoms with Crippen molar-refractivity contribution in [3.63, 3.8) is 0 Å². The standard InChI is InChI=1S/C24H21N3O2/c1-2-22(16-8-4-3-5-9-16)27-23(28)18-10-6-7-11-19(18)24(27,29)17-12-13-20-21(14-17)26-15-25-20/h3-15,22,29H,2H2,1H3,(H,25,26)/t22-,24?/m0/s1. The van der Waals surface area contributed by atoms with Gasteiger partial charge in [-0.1, -0.05) is 61.5 Å². The minimum atomic E-state index is -1.57. The van der Waals surface area contributed by atoms with E-state index in [-0.39, 0.29) is 11.9 Å². The minimum Gasteiger partial charge on any atom is -0.363 e. The molecule has 1 unspecified atom stereocenters. The second-order valence-electron chi connectivity index (χ2n) is 7.36. The molecule has 2 atom stereocenters. The molecule has 1 amide bonds. The van der Waals surface area contributed by atoms with Crippen molar-refractivity contribution in [2.45, 2.75) is 25.1 Å². The Kier molecular flexibility index (Phi) is 4.00. The number of aromatic amines is 1. The zero-order chi connectivity index (χ0) is 20.0. The van der Waals surface area contributed by atoms with Gasteiger partial charge in [0.25, 0.3) is 5.91 Å². The summed E-state index contributed by atoms with van der Waals surface area (Å²) in [5.74, 6) is -0.163. The predicted octanol–water partition coefficient (Wildman–Crippen LogP) is 4.36. The van der Waals surface area contributed by atoms with E-state index in [1.165, 1.54) is 0 Å². The minimum absolute atomic E-state index is 0.163. The molecule has 1 aliphatic rings. The summed E-state index contributed by atoms with van der Waals surface area (Å²) in [5.41, 5.74) is 2.85. The Bertz CT molecular complexity index is 1200. The number of hydrogen-bond donors (Lipinski definition) is 2. The van der Waals surface area contributed by atoms with Crippen LogP contribution in [0.5, 0.6) is 0 Å². The Morgan fingerprint density at radius 3 is 2.62 bits per heavy atom. The molecule has 0 fully saturated rings. The maximum Gasteiger partial charge on any atom is 0.257 e. The highest BCUT2D eigenvalue weighted by Gasteiger charge is 2.52. The average Bonchev–Trinajstić information content (AvgIpc) is 3.32. The number of fused-ring (bicyclic) bond motifs is 2. The van der Waals surface area contributed by atoms with Crippen LogP contribution < -0.4 is 0 Å². The van der Waals surface area contributed by atoms with Gasteiger partial charge in [0, 0.05) is 16.7 Å². The van der Waals surface area contributed by atoms with Gasteiger partial charge in [-0.3, -0.25) is 9.69 Å². The first kappa shape index (κ1) is 17.6. The van der Waals surface area contributed by atoms with Crippen molar-refractivity contribution >= 4 is 16.9 Å². The third-order valence-corrected chi connectivity index (χ3v) is 5.81. The van der Waals surface area contributed by atoms with Crippen molar-refractivity contribution in [3.8, 4) is 0 Å². The quantitative estimate of drug-likeness (QED) is 0.550. The van der Waals surface area contributed by atoms with Gasteiger partial charge in [-0.2, -0.15) is 0 Å². The van der Waals surface area contributed by atoms with Gasteiger partial charge < -0.3 is 10.1 Å². The molecule has 0 bridgehead atoms. The fraction of sp³-hybridized carbons (Fsp3) is 0.167. The molecule has 0 saturated heterocycles. The highest BCUT2D eigenvalue weighted by molar-refractivity contribution is 6.00. The third-order valence-electron chi connectivity index (χ3n) is 5.81. The van der Waals surface area contributed by atoms with E-state index in [0.29, 0.717) is 23.1 Å². The second kappa shape index (κ2) is 6.57. The lowest BCUT2D eigenvalue weighted by atomic mass is 9.91. The molecule has 3 aromatic carbocycles. The van der Waals surface area contributed by atoms with Gasteiger partial charge in [0.2, 0.25) is 0 Å². The Morgan fingerprint density at radius 2 is 1.83 bits per heavy atom. The van der Waals surface area contributed by atoms with Crippen LogP contribution in [0.3, 0.4) is 0 Å². The van der Waals surface area contributed by atoms with Gasteiger partial charge in [-0.25, -0.2) is 4.98 Å². The number of aliphatic hydroxyl groups is 1. The smallest absolute Gasteiger partial charge is 0.257 e. The van der Waals surface area contributed by atoms with Crippen molar-refractivity contribution in [1.29, 1.82) is 0 Å². The molecule has 0 radical (unpaired) electrons. The summed E-state index contributed by atoms with van der Waals surface area (Å²) in [6.45, 7) is 2.03. The van der Waals surface area contributed by atoms with Gasteiger partial charge >= 0.3 is 0 Å². The van der Waals surface area contributed by atoms with Crippen LogP contribution in [0.2, 0.25) is 0 Å². The fourth-order valence-electron chi connectivity index (χ4n) is 4.44. The first-order valence-corrected chi connectivity index (χ1v) is 9.78. The second-order valence-corrected chi connectivity index (χ2v) is 7.36. The van der Waals surface area contributed by atoms with E-state index < -0.39 is 5.72 Å². The maximum atomic E-state index is 13.5. The zero-order valence-corrected chi connectivity index (χ0v) is 16.0. The lowest BCUT2D eigenvalue weighted by Crippen LogP contribution is -2.46. The van der Waals surface area contributed by atoms with E-state index in [2.05, 4.69) is 9.97 Å². The molecule has 1 aromatic heterocycles. The molecule has 0 spiro atoms. The van der Waals surface area contributed by atoms with Gasteiger partial charge in [-0.05, 0) is 30.2 Å². The number of benzene rings is 3. The number of rotatable bonds is 4. The zero-order valence-electron chi connectivity index (χ0n) is 16.0. The van der Waals surface area contributed by atoms with Gasteiger partial charge in [-0.15, -0.1) is 0 Å². The van der Waals surface area contributed by atoms with Crippen LogP contribution in [0, 0.1) is 0 Å². The van der Waals surface area contributed by atoms with Crippen LogP contribution in [-0.2, 0) is 5.72 Å². The van der Waals surface area contributed by atoms with Crippen LogP contribution in [-0.4, -0.2) is 25.9 Å². The van der Waals surface area contributed by atoms with Crippen LogP contribution in [0.4, 0.5) is 0 Å². The van der Waals surface area contributed by atoms with Crippen LogP contribution in [0.15, 0.2) is 79.1 Å². The summed E-state index contributed by atoms with van der Waals surface area (Å²) >= 11 is 0. The van der Waals surface area contributed by atoms with E-state index in [0.717, 1.165) is 16.6 Å². The molecule has 5 heteroatoms. The molecule has 5 nitrogen and oxygen atoms in total. The van der Waals surface area contributed by atoms with Crippen molar-refractivity contribution in [3.05, 3.63) is 101 Å². The van der Waals surface area contributed by atoms with Crippen molar-refractivity contribution in [1.82, 2.24) is 14.9 Å². The van der Waals surface area contributed by atoms with E-state index in [1.54, 1.807) is 17.3 Å². The summed E-state index contributed by atoms with van der Waals surface area (Å²) in [4.78, 5) is 22.5. The topological polar surface area (TPSA) is 69.2 Å². The molecule has 2 N–H and O–H groups in total. The summed E-state index contributed by atoms with van der Waals surface area (Å²) in [6.07, 6.45) is 2.31. The first-order chi connectivity index (χ1) is 14.1. The van der Waals surface area contributed by atoms with Crippen molar-refractivity contribution in [2.24, 2.45) is 0 Å².